The van der Waals surface area contributed by atoms with Crippen LogP contribution in [0.1, 0.15) is 24.9 Å². The summed E-state index contributed by atoms with van der Waals surface area (Å²) in [5.41, 5.74) is 0.949. The van der Waals surface area contributed by atoms with Gasteiger partial charge in [-0.05, 0) is 13.3 Å². The molecule has 2 rings (SSSR count). The largest absolute Gasteiger partial charge is 0.370 e. The molecule has 0 radical (unpaired) electrons. The minimum Gasteiger partial charge on any atom is -0.370 e. The maximum absolute atomic E-state index is 11.3. The van der Waals surface area contributed by atoms with E-state index in [1.54, 1.807) is 0 Å². The molecule has 1 amide bonds. The molecule has 19 heavy (non-hydrogen) atoms. The van der Waals surface area contributed by atoms with Gasteiger partial charge in [0.25, 0.3) is 0 Å². The highest BCUT2D eigenvalue weighted by Crippen LogP contribution is 2.09. The number of aryl methyl sites for hydroxylation is 1. The topological polar surface area (TPSA) is 70.2 Å². The molecule has 0 saturated carbocycles. The first-order chi connectivity index (χ1) is 9.17. The van der Waals surface area contributed by atoms with Crippen LogP contribution in [0.5, 0.6) is 0 Å². The minimum atomic E-state index is 0.0724. The zero-order valence-corrected chi connectivity index (χ0v) is 11.6. The number of rotatable bonds is 5. The Morgan fingerprint density at radius 2 is 2.32 bits per heavy atom. The van der Waals surface area contributed by atoms with Crippen molar-refractivity contribution in [3.8, 4) is 0 Å². The van der Waals surface area contributed by atoms with Crippen molar-refractivity contribution in [1.29, 1.82) is 0 Å². The fourth-order valence-electron chi connectivity index (χ4n) is 2.07. The van der Waals surface area contributed by atoms with Crippen molar-refractivity contribution < 1.29 is 4.79 Å². The van der Waals surface area contributed by atoms with E-state index in [1.165, 1.54) is 0 Å². The van der Waals surface area contributed by atoms with Crippen LogP contribution in [0.2, 0.25) is 0 Å². The predicted molar refractivity (Wildman–Crippen MR) is 73.8 cm³/mol. The summed E-state index contributed by atoms with van der Waals surface area (Å²) in [6, 6.07) is 1.95. The van der Waals surface area contributed by atoms with Gasteiger partial charge < -0.3 is 10.6 Å². The lowest BCUT2D eigenvalue weighted by atomic mass is 10.3. The van der Waals surface area contributed by atoms with Gasteiger partial charge in [0.05, 0.1) is 13.1 Å². The van der Waals surface area contributed by atoms with Crippen LogP contribution in [-0.4, -0.2) is 47.0 Å². The molecular formula is C13H21N5O. The third-order valence-electron chi connectivity index (χ3n) is 2.94. The van der Waals surface area contributed by atoms with Crippen LogP contribution in [-0.2, 0) is 11.3 Å². The van der Waals surface area contributed by atoms with Crippen molar-refractivity contribution in [1.82, 2.24) is 20.2 Å². The molecular weight excluding hydrogens is 242 g/mol. The fraction of sp³-hybridized carbons (Fsp3) is 0.615. The second-order valence-electron chi connectivity index (χ2n) is 4.80. The Morgan fingerprint density at radius 3 is 3.05 bits per heavy atom. The smallest absolute Gasteiger partial charge is 0.234 e. The van der Waals surface area contributed by atoms with Crippen LogP contribution < -0.4 is 10.6 Å². The molecule has 0 aromatic carbocycles. The lowest BCUT2D eigenvalue weighted by Gasteiger charge is -2.25. The van der Waals surface area contributed by atoms with Crippen molar-refractivity contribution >= 4 is 11.7 Å². The lowest BCUT2D eigenvalue weighted by Crippen LogP contribution is -2.47. The monoisotopic (exact) mass is 263 g/mol. The van der Waals surface area contributed by atoms with Gasteiger partial charge >= 0.3 is 0 Å². The normalized spacial score (nSPS) is 16.2. The van der Waals surface area contributed by atoms with E-state index in [-0.39, 0.29) is 5.91 Å². The second-order valence-corrected chi connectivity index (χ2v) is 4.80. The number of piperazine rings is 1. The van der Waals surface area contributed by atoms with Crippen molar-refractivity contribution in [3.05, 3.63) is 17.6 Å². The molecule has 1 aromatic rings. The maximum atomic E-state index is 11.3. The van der Waals surface area contributed by atoms with E-state index >= 15 is 0 Å². The SMILES string of the molecule is CCCNc1cc(C)nc(CN2CCNC(=O)C2)n1. The molecule has 2 heterocycles. The minimum absolute atomic E-state index is 0.0724. The van der Waals surface area contributed by atoms with Crippen molar-refractivity contribution in [2.75, 3.05) is 31.5 Å². The van der Waals surface area contributed by atoms with Gasteiger partial charge in [0.2, 0.25) is 5.91 Å². The zero-order chi connectivity index (χ0) is 13.7. The van der Waals surface area contributed by atoms with Gasteiger partial charge in [-0.3, -0.25) is 9.69 Å². The number of hydrogen-bond donors (Lipinski definition) is 2. The van der Waals surface area contributed by atoms with Crippen LogP contribution in [0.4, 0.5) is 5.82 Å². The summed E-state index contributed by atoms with van der Waals surface area (Å²) >= 11 is 0. The van der Waals surface area contributed by atoms with Crippen molar-refractivity contribution in [3.63, 3.8) is 0 Å². The molecule has 1 fully saturated rings. The Balaban J connectivity index is 2.02. The Labute approximate surface area is 113 Å². The highest BCUT2D eigenvalue weighted by atomic mass is 16.2. The van der Waals surface area contributed by atoms with Crippen LogP contribution in [0.3, 0.4) is 0 Å². The number of nitrogens with one attached hydrogen (secondary N) is 2. The molecule has 1 aromatic heterocycles. The third kappa shape index (κ3) is 4.17. The molecule has 1 aliphatic heterocycles. The summed E-state index contributed by atoms with van der Waals surface area (Å²) in [5, 5.41) is 6.09. The molecule has 1 saturated heterocycles. The van der Waals surface area contributed by atoms with Gasteiger partial charge in [-0.25, -0.2) is 9.97 Å². The van der Waals surface area contributed by atoms with E-state index in [9.17, 15) is 4.79 Å². The summed E-state index contributed by atoms with van der Waals surface area (Å²) in [6.07, 6.45) is 1.06. The standard InChI is InChI=1S/C13H21N5O/c1-3-4-14-11-7-10(2)16-12(17-11)8-18-6-5-15-13(19)9-18/h7H,3-6,8-9H2,1-2H3,(H,15,19)(H,14,16,17). The number of carbonyl (C=O) groups is 1. The predicted octanol–water partition coefficient (Wildman–Crippen LogP) is 0.539. The first-order valence-electron chi connectivity index (χ1n) is 6.75. The fourth-order valence-corrected chi connectivity index (χ4v) is 2.07. The number of aromatic nitrogens is 2. The van der Waals surface area contributed by atoms with Crippen LogP contribution in [0, 0.1) is 6.92 Å². The summed E-state index contributed by atoms with van der Waals surface area (Å²) in [4.78, 5) is 22.3. The maximum Gasteiger partial charge on any atom is 0.234 e. The number of carbonyl (C=O) groups excluding carboxylic acids is 1. The molecule has 6 heteroatoms. The summed E-state index contributed by atoms with van der Waals surface area (Å²) in [7, 11) is 0. The third-order valence-corrected chi connectivity index (χ3v) is 2.94. The van der Waals surface area contributed by atoms with Crippen molar-refractivity contribution in [2.45, 2.75) is 26.8 Å². The first-order valence-corrected chi connectivity index (χ1v) is 6.75. The van der Waals surface area contributed by atoms with Crippen LogP contribution >= 0.6 is 0 Å². The lowest BCUT2D eigenvalue weighted by molar-refractivity contribution is -0.124. The van der Waals surface area contributed by atoms with E-state index in [2.05, 4.69) is 32.4 Å². The number of hydrogen-bond acceptors (Lipinski definition) is 5. The molecule has 1 aliphatic rings. The molecule has 6 nitrogen and oxygen atoms in total. The van der Waals surface area contributed by atoms with E-state index in [1.807, 2.05) is 13.0 Å². The number of anilines is 1. The van der Waals surface area contributed by atoms with Gasteiger partial charge in [0.15, 0.2) is 0 Å². The van der Waals surface area contributed by atoms with E-state index in [4.69, 9.17) is 0 Å². The first kappa shape index (κ1) is 13.7. The van der Waals surface area contributed by atoms with Crippen LogP contribution in [0.25, 0.3) is 0 Å². The number of nitrogens with zero attached hydrogens (tertiary/aromatic N) is 3. The molecule has 0 atom stereocenters. The highest BCUT2D eigenvalue weighted by molar-refractivity contribution is 5.78. The molecule has 0 bridgehead atoms. The van der Waals surface area contributed by atoms with E-state index in [0.29, 0.717) is 19.6 Å². The Morgan fingerprint density at radius 1 is 1.47 bits per heavy atom. The van der Waals surface area contributed by atoms with E-state index in [0.717, 1.165) is 36.8 Å². The summed E-state index contributed by atoms with van der Waals surface area (Å²) in [6.45, 7) is 7.58. The summed E-state index contributed by atoms with van der Waals surface area (Å²) in [5.74, 6) is 1.71. The second kappa shape index (κ2) is 6.47. The molecule has 0 aliphatic carbocycles. The van der Waals surface area contributed by atoms with Gasteiger partial charge in [-0.1, -0.05) is 6.92 Å². The van der Waals surface area contributed by atoms with Gasteiger partial charge in [-0.2, -0.15) is 0 Å². The zero-order valence-electron chi connectivity index (χ0n) is 11.6. The highest BCUT2D eigenvalue weighted by Gasteiger charge is 2.17. The van der Waals surface area contributed by atoms with Gasteiger partial charge in [0, 0.05) is 31.4 Å². The quantitative estimate of drug-likeness (QED) is 0.811. The average molecular weight is 263 g/mol. The Kier molecular flexibility index (Phi) is 4.68. The molecule has 0 spiro atoms. The summed E-state index contributed by atoms with van der Waals surface area (Å²) < 4.78 is 0. The number of amides is 1. The Bertz CT molecular complexity index is 449. The van der Waals surface area contributed by atoms with Crippen molar-refractivity contribution in [2.24, 2.45) is 0 Å². The average Bonchev–Trinajstić information content (AvgIpc) is 2.35. The molecule has 0 unspecified atom stereocenters. The van der Waals surface area contributed by atoms with Gasteiger partial charge in [-0.15, -0.1) is 0 Å². The van der Waals surface area contributed by atoms with Crippen LogP contribution in [0.15, 0.2) is 6.07 Å². The van der Waals surface area contributed by atoms with Gasteiger partial charge in [0.1, 0.15) is 11.6 Å². The van der Waals surface area contributed by atoms with E-state index < -0.39 is 0 Å². The molecule has 104 valence electrons. The Hall–Kier alpha value is -1.69. The molecule has 2 N–H and O–H groups in total.